The predicted molar refractivity (Wildman–Crippen MR) is 74.8 cm³/mol. The maximum atomic E-state index is 12.0. The molecule has 0 aromatic heterocycles. The number of hydrogen-bond donors (Lipinski definition) is 1. The summed E-state index contributed by atoms with van der Waals surface area (Å²) >= 11 is 3.40. The average molecular weight is 330 g/mol. The Morgan fingerprint density at radius 3 is 2.63 bits per heavy atom. The standard InChI is InChI=1S/C13H16BrNO4/c1-17-11-6-8(14)9(7-12(11)18-2)15-13(16)10-4-3-5-19-10/h6-7,10H,3-5H2,1-2H3,(H,15,16)/t10-/m0/s1. The molecule has 1 heterocycles. The Labute approximate surface area is 120 Å². The van der Waals surface area contributed by atoms with E-state index >= 15 is 0 Å². The lowest BCUT2D eigenvalue weighted by Crippen LogP contribution is -2.27. The molecule has 1 atom stereocenters. The minimum Gasteiger partial charge on any atom is -0.493 e. The van der Waals surface area contributed by atoms with Gasteiger partial charge in [0.05, 0.1) is 19.9 Å². The van der Waals surface area contributed by atoms with Gasteiger partial charge in [-0.2, -0.15) is 0 Å². The van der Waals surface area contributed by atoms with Gasteiger partial charge in [0.25, 0.3) is 5.91 Å². The normalized spacial score (nSPS) is 18.2. The van der Waals surface area contributed by atoms with Gasteiger partial charge in [0, 0.05) is 23.2 Å². The zero-order valence-corrected chi connectivity index (χ0v) is 12.5. The Hall–Kier alpha value is -1.27. The highest BCUT2D eigenvalue weighted by Gasteiger charge is 2.24. The van der Waals surface area contributed by atoms with E-state index in [0.29, 0.717) is 23.8 Å². The molecule has 6 heteroatoms. The fourth-order valence-corrected chi connectivity index (χ4v) is 2.37. The summed E-state index contributed by atoms with van der Waals surface area (Å²) in [5.41, 5.74) is 0.637. The Balaban J connectivity index is 2.17. The number of benzene rings is 1. The molecule has 5 nitrogen and oxygen atoms in total. The molecule has 0 radical (unpaired) electrons. The summed E-state index contributed by atoms with van der Waals surface area (Å²) in [6.07, 6.45) is 1.32. The van der Waals surface area contributed by atoms with E-state index in [0.717, 1.165) is 17.3 Å². The van der Waals surface area contributed by atoms with E-state index in [2.05, 4.69) is 21.2 Å². The quantitative estimate of drug-likeness (QED) is 0.922. The lowest BCUT2D eigenvalue weighted by Gasteiger charge is -2.14. The van der Waals surface area contributed by atoms with Crippen LogP contribution in [0.5, 0.6) is 11.5 Å². The van der Waals surface area contributed by atoms with E-state index in [1.807, 2.05) is 0 Å². The number of carbonyl (C=O) groups excluding carboxylic acids is 1. The van der Waals surface area contributed by atoms with Crippen molar-refractivity contribution in [3.8, 4) is 11.5 Å². The third kappa shape index (κ3) is 3.19. The molecule has 0 unspecified atom stereocenters. The Bertz CT molecular complexity index is 472. The first-order valence-electron chi connectivity index (χ1n) is 5.99. The number of nitrogens with one attached hydrogen (secondary N) is 1. The summed E-state index contributed by atoms with van der Waals surface area (Å²) in [6, 6.07) is 3.47. The summed E-state index contributed by atoms with van der Waals surface area (Å²) in [5, 5.41) is 2.83. The minimum atomic E-state index is -0.361. The largest absolute Gasteiger partial charge is 0.493 e. The van der Waals surface area contributed by atoms with Gasteiger partial charge >= 0.3 is 0 Å². The maximum absolute atomic E-state index is 12.0. The number of carbonyl (C=O) groups is 1. The first-order valence-corrected chi connectivity index (χ1v) is 6.79. The number of rotatable bonds is 4. The fraction of sp³-hybridized carbons (Fsp3) is 0.462. The van der Waals surface area contributed by atoms with E-state index in [9.17, 15) is 4.79 Å². The maximum Gasteiger partial charge on any atom is 0.253 e. The van der Waals surface area contributed by atoms with E-state index in [4.69, 9.17) is 14.2 Å². The molecule has 1 fully saturated rings. The zero-order valence-electron chi connectivity index (χ0n) is 10.9. The van der Waals surface area contributed by atoms with Crippen molar-refractivity contribution in [2.24, 2.45) is 0 Å². The molecule has 0 bridgehead atoms. The fourth-order valence-electron chi connectivity index (χ4n) is 1.95. The van der Waals surface area contributed by atoms with Crippen molar-refractivity contribution in [1.82, 2.24) is 0 Å². The number of hydrogen-bond acceptors (Lipinski definition) is 4. The second-order valence-electron chi connectivity index (χ2n) is 4.18. The smallest absolute Gasteiger partial charge is 0.253 e. The molecule has 1 aliphatic heterocycles. The molecular weight excluding hydrogens is 314 g/mol. The molecule has 104 valence electrons. The lowest BCUT2D eigenvalue weighted by molar-refractivity contribution is -0.124. The summed E-state index contributed by atoms with van der Waals surface area (Å²) < 4.78 is 16.5. The highest BCUT2D eigenvalue weighted by Crippen LogP contribution is 2.36. The van der Waals surface area contributed by atoms with Gasteiger partial charge in [-0.15, -0.1) is 0 Å². The number of halogens is 1. The second-order valence-corrected chi connectivity index (χ2v) is 5.03. The molecule has 19 heavy (non-hydrogen) atoms. The van der Waals surface area contributed by atoms with Crippen LogP contribution in [-0.4, -0.2) is 32.8 Å². The van der Waals surface area contributed by atoms with Crippen LogP contribution in [0, 0.1) is 0 Å². The molecule has 1 saturated heterocycles. The molecule has 1 aromatic rings. The van der Waals surface area contributed by atoms with Crippen molar-refractivity contribution in [2.75, 3.05) is 26.1 Å². The highest BCUT2D eigenvalue weighted by molar-refractivity contribution is 9.10. The first kappa shape index (κ1) is 14.1. The van der Waals surface area contributed by atoms with Crippen molar-refractivity contribution in [1.29, 1.82) is 0 Å². The van der Waals surface area contributed by atoms with Crippen LogP contribution in [0.15, 0.2) is 16.6 Å². The van der Waals surface area contributed by atoms with Crippen LogP contribution in [-0.2, 0) is 9.53 Å². The van der Waals surface area contributed by atoms with E-state index < -0.39 is 0 Å². The number of anilines is 1. The molecule has 1 N–H and O–H groups in total. The lowest BCUT2D eigenvalue weighted by atomic mass is 10.2. The summed E-state index contributed by atoms with van der Waals surface area (Å²) in [6.45, 7) is 0.644. The van der Waals surface area contributed by atoms with Crippen LogP contribution in [0.1, 0.15) is 12.8 Å². The van der Waals surface area contributed by atoms with Crippen LogP contribution < -0.4 is 14.8 Å². The van der Waals surface area contributed by atoms with E-state index in [-0.39, 0.29) is 12.0 Å². The Morgan fingerprint density at radius 2 is 2.05 bits per heavy atom. The van der Waals surface area contributed by atoms with E-state index in [1.54, 1.807) is 26.4 Å². The Morgan fingerprint density at radius 1 is 1.37 bits per heavy atom. The van der Waals surface area contributed by atoms with Crippen LogP contribution in [0.4, 0.5) is 5.69 Å². The van der Waals surface area contributed by atoms with Crippen molar-refractivity contribution in [3.05, 3.63) is 16.6 Å². The first-order chi connectivity index (χ1) is 9.15. The van der Waals surface area contributed by atoms with Crippen LogP contribution in [0.2, 0.25) is 0 Å². The summed E-state index contributed by atoms with van der Waals surface area (Å²) in [5.74, 6) is 1.03. The summed E-state index contributed by atoms with van der Waals surface area (Å²) in [4.78, 5) is 12.0. The minimum absolute atomic E-state index is 0.134. The van der Waals surface area contributed by atoms with Gasteiger partial charge in [0.2, 0.25) is 0 Å². The van der Waals surface area contributed by atoms with Gasteiger partial charge in [0.15, 0.2) is 11.5 Å². The van der Waals surface area contributed by atoms with Gasteiger partial charge in [-0.05, 0) is 28.8 Å². The number of amides is 1. The van der Waals surface area contributed by atoms with Crippen molar-refractivity contribution in [2.45, 2.75) is 18.9 Å². The molecule has 2 rings (SSSR count). The van der Waals surface area contributed by atoms with Crippen molar-refractivity contribution < 1.29 is 19.0 Å². The molecule has 0 saturated carbocycles. The summed E-state index contributed by atoms with van der Waals surface area (Å²) in [7, 11) is 3.12. The van der Waals surface area contributed by atoms with Crippen LogP contribution in [0.25, 0.3) is 0 Å². The van der Waals surface area contributed by atoms with Gasteiger partial charge in [0.1, 0.15) is 6.10 Å². The Kier molecular flexibility index (Phi) is 4.66. The van der Waals surface area contributed by atoms with Crippen LogP contribution >= 0.6 is 15.9 Å². The molecular formula is C13H16BrNO4. The number of methoxy groups -OCH3 is 2. The third-order valence-electron chi connectivity index (χ3n) is 2.95. The average Bonchev–Trinajstić information content (AvgIpc) is 2.94. The van der Waals surface area contributed by atoms with Gasteiger partial charge in [-0.25, -0.2) is 0 Å². The van der Waals surface area contributed by atoms with Gasteiger partial charge in [-0.1, -0.05) is 0 Å². The highest BCUT2D eigenvalue weighted by atomic mass is 79.9. The molecule has 1 aliphatic rings. The van der Waals surface area contributed by atoms with Gasteiger partial charge < -0.3 is 19.5 Å². The predicted octanol–water partition coefficient (Wildman–Crippen LogP) is 2.58. The SMILES string of the molecule is COc1cc(Br)c(NC(=O)[C@@H]2CCCO2)cc1OC. The molecule has 1 aromatic carbocycles. The van der Waals surface area contributed by atoms with Crippen LogP contribution in [0.3, 0.4) is 0 Å². The van der Waals surface area contributed by atoms with Gasteiger partial charge in [-0.3, -0.25) is 4.79 Å². The molecule has 0 aliphatic carbocycles. The van der Waals surface area contributed by atoms with Crippen molar-refractivity contribution >= 4 is 27.5 Å². The monoisotopic (exact) mass is 329 g/mol. The third-order valence-corrected chi connectivity index (χ3v) is 3.61. The topological polar surface area (TPSA) is 56.8 Å². The number of ether oxygens (including phenoxy) is 3. The van der Waals surface area contributed by atoms with Crippen molar-refractivity contribution in [3.63, 3.8) is 0 Å². The van der Waals surface area contributed by atoms with E-state index in [1.165, 1.54) is 0 Å². The second kappa shape index (κ2) is 6.25. The molecule has 0 spiro atoms. The zero-order chi connectivity index (χ0) is 13.8. The molecule has 1 amide bonds.